The molecule has 1 N–H and O–H groups in total. The lowest BCUT2D eigenvalue weighted by Gasteiger charge is -1.96. The van der Waals surface area contributed by atoms with Gasteiger partial charge in [-0.15, -0.1) is 22.7 Å². The van der Waals surface area contributed by atoms with Gasteiger partial charge >= 0.3 is 0 Å². The molecule has 20 heavy (non-hydrogen) atoms. The molecule has 0 atom stereocenters. The first-order valence-corrected chi connectivity index (χ1v) is 8.69. The van der Waals surface area contributed by atoms with Gasteiger partial charge in [0.1, 0.15) is 0 Å². The van der Waals surface area contributed by atoms with E-state index in [1.807, 2.05) is 0 Å². The first kappa shape index (κ1) is 14.0. The highest BCUT2D eigenvalue weighted by atomic mass is 32.1. The van der Waals surface area contributed by atoms with Crippen LogP contribution in [-0.2, 0) is 11.2 Å². The number of ether oxygens (including phenoxy) is 1. The number of aromatic nitrogens is 2. The number of thiazole rings is 2. The molecule has 3 rings (SSSR count). The molecular formula is C14H19N3OS2. The zero-order valence-electron chi connectivity index (χ0n) is 11.8. The van der Waals surface area contributed by atoms with E-state index in [-0.39, 0.29) is 0 Å². The quantitative estimate of drug-likeness (QED) is 0.846. The Labute approximate surface area is 127 Å². The minimum Gasteiger partial charge on any atom is -0.384 e. The third-order valence-corrected chi connectivity index (χ3v) is 5.20. The lowest BCUT2D eigenvalue weighted by Crippen LogP contribution is -1.95. The molecule has 1 aliphatic carbocycles. The Balaban J connectivity index is 1.87. The van der Waals surface area contributed by atoms with Gasteiger partial charge in [0.05, 0.1) is 27.9 Å². The topological polar surface area (TPSA) is 47.0 Å². The summed E-state index contributed by atoms with van der Waals surface area (Å²) in [6, 6.07) is 0. The normalized spacial score (nSPS) is 14.7. The van der Waals surface area contributed by atoms with Gasteiger partial charge in [-0.25, -0.2) is 9.97 Å². The van der Waals surface area contributed by atoms with Gasteiger partial charge in [0, 0.05) is 31.4 Å². The van der Waals surface area contributed by atoms with Gasteiger partial charge in [0.2, 0.25) is 0 Å². The largest absolute Gasteiger partial charge is 0.384 e. The van der Waals surface area contributed by atoms with Gasteiger partial charge in [-0.05, 0) is 19.8 Å². The molecule has 108 valence electrons. The van der Waals surface area contributed by atoms with Crippen molar-refractivity contribution in [2.75, 3.05) is 25.6 Å². The van der Waals surface area contributed by atoms with Crippen LogP contribution in [0.1, 0.15) is 36.4 Å². The van der Waals surface area contributed by atoms with E-state index < -0.39 is 0 Å². The molecule has 0 unspecified atom stereocenters. The Morgan fingerprint density at radius 1 is 1.40 bits per heavy atom. The molecule has 2 aromatic rings. The van der Waals surface area contributed by atoms with Crippen molar-refractivity contribution in [3.8, 4) is 10.6 Å². The average molecular weight is 309 g/mol. The van der Waals surface area contributed by atoms with Crippen LogP contribution >= 0.6 is 22.7 Å². The van der Waals surface area contributed by atoms with Crippen LogP contribution in [0.5, 0.6) is 0 Å². The minimum atomic E-state index is 0.654. The first-order valence-electron chi connectivity index (χ1n) is 7.00. The van der Waals surface area contributed by atoms with E-state index >= 15 is 0 Å². The molecule has 4 nitrogen and oxygen atoms in total. The minimum absolute atomic E-state index is 0.654. The van der Waals surface area contributed by atoms with Crippen molar-refractivity contribution < 1.29 is 4.74 Å². The standard InChI is InChI=1S/C14H19N3OS2/c1-3-15-14-16-10(8-19-14)13-12(9-4-5-9)17-11(20-13)6-7-18-2/h8-9H,3-7H2,1-2H3,(H,15,16). The summed E-state index contributed by atoms with van der Waals surface area (Å²) in [5.74, 6) is 0.654. The number of anilines is 1. The van der Waals surface area contributed by atoms with E-state index in [0.717, 1.165) is 30.4 Å². The molecule has 0 aliphatic heterocycles. The Kier molecular flexibility index (Phi) is 4.33. The van der Waals surface area contributed by atoms with Crippen molar-refractivity contribution in [3.05, 3.63) is 16.1 Å². The van der Waals surface area contributed by atoms with Crippen molar-refractivity contribution in [1.29, 1.82) is 0 Å². The number of nitrogens with one attached hydrogen (secondary N) is 1. The van der Waals surface area contributed by atoms with E-state index in [0.29, 0.717) is 5.92 Å². The second-order valence-electron chi connectivity index (χ2n) is 4.91. The third-order valence-electron chi connectivity index (χ3n) is 3.25. The number of methoxy groups -OCH3 is 1. The van der Waals surface area contributed by atoms with E-state index in [2.05, 4.69) is 22.6 Å². The fourth-order valence-corrected chi connectivity index (χ4v) is 4.04. The van der Waals surface area contributed by atoms with E-state index in [4.69, 9.17) is 9.72 Å². The van der Waals surface area contributed by atoms with Crippen LogP contribution in [0.4, 0.5) is 5.13 Å². The highest BCUT2D eigenvalue weighted by Crippen LogP contribution is 2.46. The van der Waals surface area contributed by atoms with Crippen LogP contribution in [0.2, 0.25) is 0 Å². The lowest BCUT2D eigenvalue weighted by molar-refractivity contribution is 0.202. The molecule has 0 spiro atoms. The summed E-state index contributed by atoms with van der Waals surface area (Å²) >= 11 is 3.45. The Morgan fingerprint density at radius 2 is 2.25 bits per heavy atom. The third kappa shape index (κ3) is 3.02. The van der Waals surface area contributed by atoms with Crippen LogP contribution < -0.4 is 5.32 Å². The Bertz CT molecular complexity index is 575. The monoisotopic (exact) mass is 309 g/mol. The highest BCUT2D eigenvalue weighted by molar-refractivity contribution is 7.16. The molecule has 0 amide bonds. The van der Waals surface area contributed by atoms with Gasteiger partial charge in [-0.2, -0.15) is 0 Å². The van der Waals surface area contributed by atoms with Crippen molar-refractivity contribution in [3.63, 3.8) is 0 Å². The summed E-state index contributed by atoms with van der Waals surface area (Å²) in [6.07, 6.45) is 3.43. The van der Waals surface area contributed by atoms with Gasteiger partial charge in [0.25, 0.3) is 0 Å². The van der Waals surface area contributed by atoms with Crippen molar-refractivity contribution in [2.45, 2.75) is 32.1 Å². The Hall–Kier alpha value is -0.980. The molecule has 0 saturated heterocycles. The van der Waals surface area contributed by atoms with Gasteiger partial charge < -0.3 is 10.1 Å². The van der Waals surface area contributed by atoms with Crippen LogP contribution in [-0.4, -0.2) is 30.2 Å². The molecule has 2 aromatic heterocycles. The maximum absolute atomic E-state index is 5.16. The number of hydrogen-bond acceptors (Lipinski definition) is 6. The molecule has 0 bridgehead atoms. The first-order chi connectivity index (χ1) is 9.81. The van der Waals surface area contributed by atoms with Crippen LogP contribution in [0.15, 0.2) is 5.38 Å². The summed E-state index contributed by atoms with van der Waals surface area (Å²) in [5.41, 5.74) is 2.34. The van der Waals surface area contributed by atoms with Crippen molar-refractivity contribution >= 4 is 27.8 Å². The fourth-order valence-electron chi connectivity index (χ4n) is 2.10. The number of hydrogen-bond donors (Lipinski definition) is 1. The number of nitrogens with zero attached hydrogens (tertiary/aromatic N) is 2. The van der Waals surface area contributed by atoms with E-state index in [1.165, 1.54) is 28.4 Å². The van der Waals surface area contributed by atoms with Crippen molar-refractivity contribution in [1.82, 2.24) is 9.97 Å². The summed E-state index contributed by atoms with van der Waals surface area (Å²) in [4.78, 5) is 10.8. The van der Waals surface area contributed by atoms with Crippen LogP contribution in [0.25, 0.3) is 10.6 Å². The summed E-state index contributed by atoms with van der Waals surface area (Å²) < 4.78 is 5.16. The zero-order valence-corrected chi connectivity index (χ0v) is 13.4. The van der Waals surface area contributed by atoms with Gasteiger partial charge in [0.15, 0.2) is 5.13 Å². The molecule has 1 saturated carbocycles. The predicted molar refractivity (Wildman–Crippen MR) is 84.9 cm³/mol. The maximum Gasteiger partial charge on any atom is 0.183 e. The Morgan fingerprint density at radius 3 is 2.95 bits per heavy atom. The molecular weight excluding hydrogens is 290 g/mol. The highest BCUT2D eigenvalue weighted by Gasteiger charge is 2.30. The van der Waals surface area contributed by atoms with Crippen LogP contribution in [0.3, 0.4) is 0 Å². The summed E-state index contributed by atoms with van der Waals surface area (Å²) in [5, 5.41) is 7.58. The smallest absolute Gasteiger partial charge is 0.183 e. The summed E-state index contributed by atoms with van der Waals surface area (Å²) in [6.45, 7) is 3.73. The fraction of sp³-hybridized carbons (Fsp3) is 0.571. The molecule has 0 radical (unpaired) electrons. The van der Waals surface area contributed by atoms with Gasteiger partial charge in [-0.3, -0.25) is 0 Å². The summed E-state index contributed by atoms with van der Waals surface area (Å²) in [7, 11) is 1.74. The van der Waals surface area contributed by atoms with E-state index in [9.17, 15) is 0 Å². The maximum atomic E-state index is 5.16. The zero-order chi connectivity index (χ0) is 13.9. The van der Waals surface area contributed by atoms with Gasteiger partial charge in [-0.1, -0.05) is 0 Å². The SMILES string of the molecule is CCNc1nc(-c2sc(CCOC)nc2C2CC2)cs1. The lowest BCUT2D eigenvalue weighted by atomic mass is 10.2. The molecule has 1 aliphatic rings. The second-order valence-corrected chi connectivity index (χ2v) is 6.85. The molecule has 0 aromatic carbocycles. The van der Waals surface area contributed by atoms with Crippen molar-refractivity contribution in [2.24, 2.45) is 0 Å². The second kappa shape index (κ2) is 6.20. The number of rotatable bonds is 7. The van der Waals surface area contributed by atoms with Crippen LogP contribution in [0, 0.1) is 0 Å². The molecule has 6 heteroatoms. The molecule has 1 fully saturated rings. The predicted octanol–water partition coefficient (Wildman–Crippen LogP) is 3.76. The van der Waals surface area contributed by atoms with E-state index in [1.54, 1.807) is 29.8 Å². The average Bonchev–Trinajstić information content (AvgIpc) is 3.04. The molecule has 2 heterocycles.